The molecule has 1 aliphatic carbocycles. The molecule has 3 heterocycles. The fourth-order valence-corrected chi connectivity index (χ4v) is 10.4. The Labute approximate surface area is 355 Å². The van der Waals surface area contributed by atoms with Gasteiger partial charge in [-0.2, -0.15) is 0 Å². The molecule has 0 amide bonds. The van der Waals surface area contributed by atoms with Crippen LogP contribution in [0.5, 0.6) is 0 Å². The minimum atomic E-state index is -0.557. The lowest BCUT2D eigenvalue weighted by atomic mass is 9.66. The van der Waals surface area contributed by atoms with Crippen LogP contribution >= 0.6 is 11.8 Å². The van der Waals surface area contributed by atoms with Crippen LogP contribution in [0.4, 0.5) is 0 Å². The van der Waals surface area contributed by atoms with Crippen molar-refractivity contribution in [2.24, 2.45) is 9.98 Å². The van der Waals surface area contributed by atoms with Crippen LogP contribution in [0.25, 0.3) is 33.4 Å². The van der Waals surface area contributed by atoms with Crippen LogP contribution in [0, 0.1) is 0 Å². The van der Waals surface area contributed by atoms with Crippen molar-refractivity contribution in [3.05, 3.63) is 245 Å². The summed E-state index contributed by atoms with van der Waals surface area (Å²) >= 11 is 1.86. The highest BCUT2D eigenvalue weighted by Gasteiger charge is 2.50. The van der Waals surface area contributed by atoms with E-state index in [0.29, 0.717) is 0 Å². The maximum absolute atomic E-state index is 5.30. The molecule has 8 aromatic rings. The number of nitrogens with zero attached hydrogens (tertiary/aromatic N) is 3. The fourth-order valence-electron chi connectivity index (χ4n) is 9.24. The molecule has 60 heavy (non-hydrogen) atoms. The first-order valence-corrected chi connectivity index (χ1v) is 21.4. The van der Waals surface area contributed by atoms with Crippen molar-refractivity contribution in [1.29, 1.82) is 0 Å². The summed E-state index contributed by atoms with van der Waals surface area (Å²) in [6.07, 6.45) is 5.29. The monoisotopic (exact) mass is 788 g/mol. The largest absolute Gasteiger partial charge is 0.324 e. The number of aryl methyl sites for hydroxylation is 1. The first-order chi connectivity index (χ1) is 29.7. The quantitative estimate of drug-likeness (QED) is 0.156. The Morgan fingerprint density at radius 3 is 1.70 bits per heavy atom. The van der Waals surface area contributed by atoms with Gasteiger partial charge >= 0.3 is 0 Å². The molecule has 286 valence electrons. The van der Waals surface area contributed by atoms with Gasteiger partial charge in [-0.05, 0) is 110 Å². The highest BCUT2D eigenvalue weighted by atomic mass is 32.2. The second-order valence-corrected chi connectivity index (χ2v) is 16.6. The van der Waals surface area contributed by atoms with E-state index in [1.165, 1.54) is 65.4 Å². The van der Waals surface area contributed by atoms with E-state index in [4.69, 9.17) is 9.98 Å². The van der Waals surface area contributed by atoms with Crippen molar-refractivity contribution < 1.29 is 0 Å². The van der Waals surface area contributed by atoms with Crippen molar-refractivity contribution >= 4 is 23.4 Å². The molecule has 1 unspecified atom stereocenters. The summed E-state index contributed by atoms with van der Waals surface area (Å²) in [4.78, 5) is 17.5. The predicted molar refractivity (Wildman–Crippen MR) is 247 cm³/mol. The van der Waals surface area contributed by atoms with Crippen LogP contribution in [0.2, 0.25) is 0 Å². The van der Waals surface area contributed by atoms with Crippen molar-refractivity contribution in [2.75, 3.05) is 0 Å². The third-order valence-electron chi connectivity index (χ3n) is 12.1. The van der Waals surface area contributed by atoms with Gasteiger partial charge in [-0.1, -0.05) is 163 Å². The molecule has 11 rings (SSSR count). The molecular formula is C55H40N4S. The molecule has 0 saturated carbocycles. The van der Waals surface area contributed by atoms with Crippen molar-refractivity contribution in [3.63, 3.8) is 0 Å². The summed E-state index contributed by atoms with van der Waals surface area (Å²) < 4.78 is 0. The second-order valence-electron chi connectivity index (χ2n) is 15.5. The van der Waals surface area contributed by atoms with Gasteiger partial charge in [0, 0.05) is 32.8 Å². The topological polar surface area (TPSA) is 49.6 Å². The van der Waals surface area contributed by atoms with Gasteiger partial charge in [-0.25, -0.2) is 9.98 Å². The Kier molecular flexibility index (Phi) is 8.97. The average Bonchev–Trinajstić information content (AvgIpc) is 3.62. The van der Waals surface area contributed by atoms with E-state index < -0.39 is 5.41 Å². The Bertz CT molecular complexity index is 2960. The zero-order valence-electron chi connectivity index (χ0n) is 32.9. The van der Waals surface area contributed by atoms with E-state index in [9.17, 15) is 0 Å². The number of pyridine rings is 1. The lowest BCUT2D eigenvalue weighted by molar-refractivity contribution is 0.721. The van der Waals surface area contributed by atoms with E-state index in [0.717, 1.165) is 46.9 Å². The Hall–Kier alpha value is -7.08. The number of aliphatic imine (C=N–C) groups is 2. The summed E-state index contributed by atoms with van der Waals surface area (Å²) in [6.45, 7) is 3.89. The second kappa shape index (κ2) is 14.9. The number of amidine groups is 2. The minimum absolute atomic E-state index is 0.377. The van der Waals surface area contributed by atoms with E-state index in [-0.39, 0.29) is 6.17 Å². The highest BCUT2D eigenvalue weighted by Crippen LogP contribution is 2.62. The number of hydrogen-bond donors (Lipinski definition) is 1. The summed E-state index contributed by atoms with van der Waals surface area (Å²) in [5.41, 5.74) is 16.1. The molecule has 0 bridgehead atoms. The van der Waals surface area contributed by atoms with Crippen LogP contribution in [-0.2, 0) is 11.8 Å². The number of hydrogen-bond acceptors (Lipinski definition) is 5. The zero-order valence-corrected chi connectivity index (χ0v) is 33.7. The van der Waals surface area contributed by atoms with Crippen LogP contribution in [0.15, 0.2) is 221 Å². The van der Waals surface area contributed by atoms with E-state index in [1.54, 1.807) is 0 Å². The first-order valence-electron chi connectivity index (χ1n) is 20.5. The molecule has 1 N–H and O–H groups in total. The Morgan fingerprint density at radius 1 is 0.517 bits per heavy atom. The minimum Gasteiger partial charge on any atom is -0.324 e. The Balaban J connectivity index is 1.06. The molecule has 1 spiro atoms. The lowest BCUT2D eigenvalue weighted by Crippen LogP contribution is -2.37. The van der Waals surface area contributed by atoms with Gasteiger partial charge in [-0.15, -0.1) is 6.58 Å². The van der Waals surface area contributed by atoms with Crippen LogP contribution < -0.4 is 5.32 Å². The molecule has 7 aromatic carbocycles. The average molecular weight is 789 g/mol. The molecule has 1 atom stereocenters. The molecule has 1 aromatic heterocycles. The third kappa shape index (κ3) is 6.04. The molecule has 0 saturated heterocycles. The summed E-state index contributed by atoms with van der Waals surface area (Å²) in [5.74, 6) is 1.62. The van der Waals surface area contributed by atoms with Gasteiger partial charge in [0.05, 0.1) is 5.41 Å². The standard InChI is InChI=1S/C55H40N4S/c1-2-3-18-43-33-41(31-32-56-43)37-25-23-36(24-26-37)40-27-29-50-48(34-40)55(46-21-12-10-19-44(46)45-20-11-13-22-47(45)55)49-35-42(28-30-51(49)60-50)54-58-52(38-14-6-4-7-15-38)57-53(59-54)39-16-8-5-9-17-39/h2,4-17,19-35,52H,1,3,18H2,(H,57,58,59). The maximum atomic E-state index is 5.30. The SMILES string of the molecule is C=CCCc1cc(-c2ccc(-c3ccc4c(c3)C3(c5cc(C6=NC(c7ccccc7)N=C(c7ccccc7)N6)ccc5S4)c4ccccc4-c4ccccc43)cc2)ccn1. The van der Waals surface area contributed by atoms with Crippen molar-refractivity contribution in [3.8, 4) is 33.4 Å². The lowest BCUT2D eigenvalue weighted by Gasteiger charge is -2.40. The highest BCUT2D eigenvalue weighted by molar-refractivity contribution is 7.99. The Morgan fingerprint density at radius 2 is 1.05 bits per heavy atom. The van der Waals surface area contributed by atoms with Crippen LogP contribution in [-0.4, -0.2) is 16.7 Å². The van der Waals surface area contributed by atoms with Gasteiger partial charge < -0.3 is 5.32 Å². The first kappa shape index (κ1) is 36.0. The molecular weight excluding hydrogens is 749 g/mol. The summed E-state index contributed by atoms with van der Waals surface area (Å²) in [5, 5.41) is 3.67. The number of fused-ring (bicyclic) bond motifs is 9. The van der Waals surface area contributed by atoms with Crippen molar-refractivity contribution in [1.82, 2.24) is 10.3 Å². The molecule has 2 aliphatic heterocycles. The third-order valence-corrected chi connectivity index (χ3v) is 13.2. The van der Waals surface area contributed by atoms with E-state index >= 15 is 0 Å². The normalized spacial score (nSPS) is 15.4. The number of nitrogens with one attached hydrogen (secondary N) is 1. The maximum Gasteiger partial charge on any atom is 0.169 e. The predicted octanol–water partition coefficient (Wildman–Crippen LogP) is 12.9. The summed E-state index contributed by atoms with van der Waals surface area (Å²) in [6, 6.07) is 66.0. The number of aromatic nitrogens is 1. The molecule has 4 nitrogen and oxygen atoms in total. The summed E-state index contributed by atoms with van der Waals surface area (Å²) in [7, 11) is 0. The fraction of sp³-hybridized carbons (Fsp3) is 0.0727. The van der Waals surface area contributed by atoms with Gasteiger partial charge in [0.2, 0.25) is 0 Å². The van der Waals surface area contributed by atoms with Gasteiger partial charge in [0.25, 0.3) is 0 Å². The van der Waals surface area contributed by atoms with E-state index in [2.05, 4.69) is 187 Å². The molecule has 5 heteroatoms. The number of rotatable bonds is 8. The molecule has 3 aliphatic rings. The van der Waals surface area contributed by atoms with E-state index in [1.807, 2.05) is 36.2 Å². The van der Waals surface area contributed by atoms with Gasteiger partial charge in [0.1, 0.15) is 11.7 Å². The number of allylic oxidation sites excluding steroid dienone is 1. The van der Waals surface area contributed by atoms with Gasteiger partial charge in [0.15, 0.2) is 6.17 Å². The number of benzene rings is 7. The smallest absolute Gasteiger partial charge is 0.169 e. The van der Waals surface area contributed by atoms with Crippen molar-refractivity contribution in [2.45, 2.75) is 34.2 Å². The van der Waals surface area contributed by atoms with Crippen LogP contribution in [0.3, 0.4) is 0 Å². The van der Waals surface area contributed by atoms with Crippen LogP contribution in [0.1, 0.15) is 57.2 Å². The molecule has 0 radical (unpaired) electrons. The van der Waals surface area contributed by atoms with Gasteiger partial charge in [-0.3, -0.25) is 4.98 Å². The molecule has 0 fully saturated rings. The zero-order chi connectivity index (χ0) is 40.0.